The van der Waals surface area contributed by atoms with Gasteiger partial charge in [-0.1, -0.05) is 30.3 Å². The Morgan fingerprint density at radius 3 is 2.37 bits per heavy atom. The van der Waals surface area contributed by atoms with Gasteiger partial charge in [0.25, 0.3) is 0 Å². The summed E-state index contributed by atoms with van der Waals surface area (Å²) < 4.78 is 5.29. The molecule has 0 aliphatic carbocycles. The molecular weight excluding hydrogens is 240 g/mol. The first-order valence-corrected chi connectivity index (χ1v) is 6.03. The molecule has 1 amide bonds. The lowest BCUT2D eigenvalue weighted by Gasteiger charge is -2.14. The molecule has 1 atom stereocenters. The molecule has 0 aliphatic heterocycles. The average Bonchev–Trinajstić information content (AvgIpc) is 2.42. The van der Waals surface area contributed by atoms with E-state index in [2.05, 4.69) is 5.32 Å². The molecule has 4 nitrogen and oxygen atoms in total. The summed E-state index contributed by atoms with van der Waals surface area (Å²) in [5, 5.41) is 2.65. The third kappa shape index (κ3) is 3.74. The monoisotopic (exact) mass is 256 g/mol. The molecule has 1 unspecified atom stereocenters. The Hall–Kier alpha value is -2.49. The maximum atomic E-state index is 11.7. The van der Waals surface area contributed by atoms with Crippen molar-refractivity contribution in [2.24, 2.45) is 0 Å². The first kappa shape index (κ1) is 13.0. The van der Waals surface area contributed by atoms with Gasteiger partial charge in [-0.05, 0) is 36.8 Å². The van der Waals surface area contributed by atoms with Crippen LogP contribution in [-0.4, -0.2) is 6.09 Å². The second kappa shape index (κ2) is 5.91. The fraction of sp³-hybridized carbons (Fsp3) is 0.133. The zero-order chi connectivity index (χ0) is 13.7. The number of amides is 1. The Kier molecular flexibility index (Phi) is 4.03. The Morgan fingerprint density at radius 1 is 1.11 bits per heavy atom. The van der Waals surface area contributed by atoms with Crippen molar-refractivity contribution < 1.29 is 9.53 Å². The van der Waals surface area contributed by atoms with E-state index in [4.69, 9.17) is 10.5 Å². The number of benzene rings is 2. The highest BCUT2D eigenvalue weighted by atomic mass is 16.6. The number of hydrogen-bond acceptors (Lipinski definition) is 3. The van der Waals surface area contributed by atoms with Crippen LogP contribution in [0.1, 0.15) is 18.6 Å². The van der Waals surface area contributed by atoms with E-state index in [1.165, 1.54) is 0 Å². The molecule has 0 aliphatic rings. The molecule has 2 aromatic carbocycles. The number of nitrogens with one attached hydrogen (secondary N) is 1. The molecule has 0 bridgehead atoms. The van der Waals surface area contributed by atoms with Crippen LogP contribution in [0.3, 0.4) is 0 Å². The van der Waals surface area contributed by atoms with Crippen LogP contribution >= 0.6 is 0 Å². The molecule has 4 heteroatoms. The largest absolute Gasteiger partial charge is 0.441 e. The summed E-state index contributed by atoms with van der Waals surface area (Å²) in [4.78, 5) is 11.7. The number of nitrogen functional groups attached to an aromatic ring is 1. The van der Waals surface area contributed by atoms with Crippen LogP contribution in [0, 0.1) is 0 Å². The molecule has 19 heavy (non-hydrogen) atoms. The van der Waals surface area contributed by atoms with Gasteiger partial charge in [0.2, 0.25) is 0 Å². The molecule has 2 rings (SSSR count). The van der Waals surface area contributed by atoms with Crippen molar-refractivity contribution in [1.82, 2.24) is 0 Å². The zero-order valence-electron chi connectivity index (χ0n) is 10.7. The normalized spacial score (nSPS) is 11.6. The van der Waals surface area contributed by atoms with Gasteiger partial charge < -0.3 is 10.5 Å². The second-order valence-corrected chi connectivity index (χ2v) is 4.21. The van der Waals surface area contributed by atoms with Crippen molar-refractivity contribution in [3.63, 3.8) is 0 Å². The van der Waals surface area contributed by atoms with Crippen LogP contribution in [0.4, 0.5) is 16.2 Å². The predicted molar refractivity (Wildman–Crippen MR) is 75.8 cm³/mol. The highest BCUT2D eigenvalue weighted by Crippen LogP contribution is 2.17. The fourth-order valence-electron chi connectivity index (χ4n) is 1.67. The molecular formula is C15H16N2O2. The van der Waals surface area contributed by atoms with Gasteiger partial charge in [0, 0.05) is 11.4 Å². The van der Waals surface area contributed by atoms with Crippen molar-refractivity contribution >= 4 is 17.5 Å². The Bertz CT molecular complexity index is 538. The number of rotatable bonds is 3. The number of hydrogen-bond donors (Lipinski definition) is 2. The van der Waals surface area contributed by atoms with E-state index in [1.807, 2.05) is 37.3 Å². The van der Waals surface area contributed by atoms with Crippen LogP contribution in [-0.2, 0) is 4.74 Å². The molecule has 0 saturated heterocycles. The maximum Gasteiger partial charge on any atom is 0.412 e. The van der Waals surface area contributed by atoms with E-state index in [1.54, 1.807) is 24.3 Å². The fourth-order valence-corrected chi connectivity index (χ4v) is 1.67. The van der Waals surface area contributed by atoms with Gasteiger partial charge in [0.05, 0.1) is 0 Å². The summed E-state index contributed by atoms with van der Waals surface area (Å²) >= 11 is 0. The maximum absolute atomic E-state index is 11.7. The molecule has 3 N–H and O–H groups in total. The lowest BCUT2D eigenvalue weighted by Crippen LogP contribution is -2.15. The summed E-state index contributed by atoms with van der Waals surface area (Å²) in [6.07, 6.45) is -0.781. The number of ether oxygens (including phenoxy) is 1. The molecule has 0 fully saturated rings. The van der Waals surface area contributed by atoms with Crippen LogP contribution < -0.4 is 11.1 Å². The SMILES string of the molecule is CC(OC(=O)Nc1ccc(N)cc1)c1ccccc1. The van der Waals surface area contributed by atoms with Gasteiger partial charge in [-0.2, -0.15) is 0 Å². The van der Waals surface area contributed by atoms with E-state index in [9.17, 15) is 4.79 Å². The number of carbonyl (C=O) groups is 1. The topological polar surface area (TPSA) is 64.3 Å². The molecule has 0 aromatic heterocycles. The van der Waals surface area contributed by atoms with Crippen molar-refractivity contribution in [1.29, 1.82) is 0 Å². The van der Waals surface area contributed by atoms with Gasteiger partial charge in [-0.25, -0.2) is 4.79 Å². The average molecular weight is 256 g/mol. The number of anilines is 2. The zero-order valence-corrected chi connectivity index (χ0v) is 10.7. The van der Waals surface area contributed by atoms with Gasteiger partial charge in [0.15, 0.2) is 0 Å². The summed E-state index contributed by atoms with van der Waals surface area (Å²) in [6, 6.07) is 16.5. The Morgan fingerprint density at radius 2 is 1.74 bits per heavy atom. The second-order valence-electron chi connectivity index (χ2n) is 4.21. The summed E-state index contributed by atoms with van der Waals surface area (Å²) in [5.41, 5.74) is 7.83. The van der Waals surface area contributed by atoms with Gasteiger partial charge >= 0.3 is 6.09 Å². The standard InChI is InChI=1S/C15H16N2O2/c1-11(12-5-3-2-4-6-12)19-15(18)17-14-9-7-13(16)8-10-14/h2-11H,16H2,1H3,(H,17,18). The van der Waals surface area contributed by atoms with E-state index >= 15 is 0 Å². The van der Waals surface area contributed by atoms with E-state index in [0.29, 0.717) is 11.4 Å². The van der Waals surface area contributed by atoms with Crippen LogP contribution in [0.15, 0.2) is 54.6 Å². The highest BCUT2D eigenvalue weighted by Gasteiger charge is 2.11. The number of nitrogens with two attached hydrogens (primary N) is 1. The highest BCUT2D eigenvalue weighted by molar-refractivity contribution is 5.84. The van der Waals surface area contributed by atoms with Crippen molar-refractivity contribution in [3.05, 3.63) is 60.2 Å². The minimum atomic E-state index is -0.485. The van der Waals surface area contributed by atoms with E-state index < -0.39 is 6.09 Å². The first-order chi connectivity index (χ1) is 9.15. The molecule has 98 valence electrons. The third-order valence-corrected chi connectivity index (χ3v) is 2.71. The Balaban J connectivity index is 1.93. The van der Waals surface area contributed by atoms with Crippen LogP contribution in [0.25, 0.3) is 0 Å². The third-order valence-electron chi connectivity index (χ3n) is 2.71. The Labute approximate surface area is 112 Å². The van der Waals surface area contributed by atoms with E-state index in [-0.39, 0.29) is 6.10 Å². The number of carbonyl (C=O) groups excluding carboxylic acids is 1. The lowest BCUT2D eigenvalue weighted by molar-refractivity contribution is 0.121. The molecule has 0 radical (unpaired) electrons. The smallest absolute Gasteiger partial charge is 0.412 e. The molecule has 0 heterocycles. The lowest BCUT2D eigenvalue weighted by atomic mass is 10.1. The summed E-state index contributed by atoms with van der Waals surface area (Å²) in [7, 11) is 0. The van der Waals surface area contributed by atoms with Crippen LogP contribution in [0.2, 0.25) is 0 Å². The first-order valence-electron chi connectivity index (χ1n) is 6.03. The molecule has 0 spiro atoms. The molecule has 0 saturated carbocycles. The minimum Gasteiger partial charge on any atom is -0.441 e. The summed E-state index contributed by atoms with van der Waals surface area (Å²) in [5.74, 6) is 0. The van der Waals surface area contributed by atoms with Crippen molar-refractivity contribution in [2.75, 3.05) is 11.1 Å². The van der Waals surface area contributed by atoms with Crippen molar-refractivity contribution in [2.45, 2.75) is 13.0 Å². The van der Waals surface area contributed by atoms with Gasteiger partial charge in [0.1, 0.15) is 6.10 Å². The minimum absolute atomic E-state index is 0.296. The summed E-state index contributed by atoms with van der Waals surface area (Å²) in [6.45, 7) is 1.83. The van der Waals surface area contributed by atoms with Crippen LogP contribution in [0.5, 0.6) is 0 Å². The van der Waals surface area contributed by atoms with E-state index in [0.717, 1.165) is 5.56 Å². The van der Waals surface area contributed by atoms with Crippen molar-refractivity contribution in [3.8, 4) is 0 Å². The van der Waals surface area contributed by atoms with Gasteiger partial charge in [-0.3, -0.25) is 5.32 Å². The molecule has 2 aromatic rings. The van der Waals surface area contributed by atoms with Gasteiger partial charge in [-0.15, -0.1) is 0 Å². The quantitative estimate of drug-likeness (QED) is 0.825. The predicted octanol–water partition coefficient (Wildman–Crippen LogP) is 3.58.